The number of hydrogen-bond acceptors (Lipinski definition) is 6. The van der Waals surface area contributed by atoms with E-state index in [1.54, 1.807) is 14.2 Å². The molecule has 7 heteroatoms. The van der Waals surface area contributed by atoms with Gasteiger partial charge in [0.2, 0.25) is 0 Å². The summed E-state index contributed by atoms with van der Waals surface area (Å²) >= 11 is 1.47. The first kappa shape index (κ1) is 26.7. The van der Waals surface area contributed by atoms with E-state index in [0.717, 1.165) is 16.7 Å². The van der Waals surface area contributed by atoms with Gasteiger partial charge >= 0.3 is 5.97 Å². The summed E-state index contributed by atoms with van der Waals surface area (Å²) in [5.41, 5.74) is 2.52. The van der Waals surface area contributed by atoms with Crippen LogP contribution in [0.2, 0.25) is 0 Å². The van der Waals surface area contributed by atoms with Gasteiger partial charge in [0.15, 0.2) is 5.78 Å². The van der Waals surface area contributed by atoms with Crippen molar-refractivity contribution in [3.8, 4) is 22.6 Å². The van der Waals surface area contributed by atoms with Crippen molar-refractivity contribution in [2.45, 2.75) is 58.2 Å². The summed E-state index contributed by atoms with van der Waals surface area (Å²) in [5.74, 6) is -0.0838. The summed E-state index contributed by atoms with van der Waals surface area (Å²) in [6, 6.07) is 12.7. The molecule has 1 aliphatic rings. The first-order valence-corrected chi connectivity index (χ1v) is 12.7. The second-order valence-electron chi connectivity index (χ2n) is 9.47. The van der Waals surface area contributed by atoms with Gasteiger partial charge in [0, 0.05) is 16.9 Å². The minimum Gasteiger partial charge on any atom is -0.496 e. The number of carbonyl (C=O) groups excluding carboxylic acids is 1. The Balaban J connectivity index is 2.07. The highest BCUT2D eigenvalue weighted by molar-refractivity contribution is 8.04. The molecule has 2 aromatic carbocycles. The van der Waals surface area contributed by atoms with Crippen LogP contribution in [0.15, 0.2) is 53.1 Å². The number of allylic oxidation sites excluding steroid dienone is 2. The lowest BCUT2D eigenvalue weighted by molar-refractivity contribution is -0.140. The number of carboxylic acid groups (broad SMARTS) is 1. The maximum absolute atomic E-state index is 12.7. The van der Waals surface area contributed by atoms with Gasteiger partial charge in [0.1, 0.15) is 17.5 Å². The number of carbonyl (C=O) groups is 2. The quantitative estimate of drug-likeness (QED) is 0.402. The van der Waals surface area contributed by atoms with Crippen LogP contribution >= 0.6 is 11.8 Å². The Bertz CT molecular complexity index is 1100. The SMILES string of the molecule is CCC(c1cc(OC)c(-c2ccccc2)c(OC)c1)[C@H](NC1=C(SC(C)C)C(=O)C1(C)C)C(=O)O. The van der Waals surface area contributed by atoms with E-state index < -0.39 is 17.4 Å². The fraction of sp³-hybridized carbons (Fsp3) is 0.429. The van der Waals surface area contributed by atoms with Crippen LogP contribution in [0, 0.1) is 5.41 Å². The van der Waals surface area contributed by atoms with Crippen molar-refractivity contribution in [2.24, 2.45) is 5.41 Å². The molecule has 2 aromatic rings. The van der Waals surface area contributed by atoms with Crippen LogP contribution in [0.25, 0.3) is 11.1 Å². The Morgan fingerprint density at radius 1 is 1.09 bits per heavy atom. The van der Waals surface area contributed by atoms with Crippen molar-refractivity contribution in [1.29, 1.82) is 0 Å². The Labute approximate surface area is 212 Å². The molecule has 0 spiro atoms. The number of ether oxygens (including phenoxy) is 2. The summed E-state index contributed by atoms with van der Waals surface area (Å²) < 4.78 is 11.5. The smallest absolute Gasteiger partial charge is 0.326 e. The first-order chi connectivity index (χ1) is 16.6. The minimum absolute atomic E-state index is 0.0476. The lowest BCUT2D eigenvalue weighted by Crippen LogP contribution is -2.51. The van der Waals surface area contributed by atoms with Gasteiger partial charge < -0.3 is 19.9 Å². The number of hydrogen-bond donors (Lipinski definition) is 2. The molecule has 35 heavy (non-hydrogen) atoms. The molecule has 0 amide bonds. The van der Waals surface area contributed by atoms with Gasteiger partial charge in [-0.3, -0.25) is 4.79 Å². The number of thioether (sulfide) groups is 1. The zero-order valence-electron chi connectivity index (χ0n) is 21.5. The van der Waals surface area contributed by atoms with Gasteiger partial charge in [0.05, 0.1) is 30.1 Å². The third-order valence-corrected chi connectivity index (χ3v) is 7.50. The molecule has 0 radical (unpaired) electrons. The monoisotopic (exact) mass is 497 g/mol. The average Bonchev–Trinajstić information content (AvgIpc) is 2.84. The molecule has 2 atom stereocenters. The van der Waals surface area contributed by atoms with E-state index in [0.29, 0.717) is 28.5 Å². The first-order valence-electron chi connectivity index (χ1n) is 11.8. The Kier molecular flexibility index (Phi) is 8.21. The number of rotatable bonds is 11. The summed E-state index contributed by atoms with van der Waals surface area (Å²) in [6.45, 7) is 9.67. The van der Waals surface area contributed by atoms with Gasteiger partial charge in [0.25, 0.3) is 0 Å². The van der Waals surface area contributed by atoms with E-state index in [9.17, 15) is 14.7 Å². The lowest BCUT2D eigenvalue weighted by Gasteiger charge is -2.41. The third kappa shape index (κ3) is 5.20. The molecule has 1 aliphatic carbocycles. The summed E-state index contributed by atoms with van der Waals surface area (Å²) in [7, 11) is 3.20. The fourth-order valence-electron chi connectivity index (χ4n) is 4.52. The maximum atomic E-state index is 12.7. The number of Topliss-reactive ketones (excluding diaryl/α,β-unsaturated/α-hetero) is 1. The van der Waals surface area contributed by atoms with Crippen molar-refractivity contribution >= 4 is 23.5 Å². The van der Waals surface area contributed by atoms with Crippen molar-refractivity contribution < 1.29 is 24.2 Å². The summed E-state index contributed by atoms with van der Waals surface area (Å²) in [5, 5.41) is 13.7. The highest BCUT2D eigenvalue weighted by Gasteiger charge is 2.49. The summed E-state index contributed by atoms with van der Waals surface area (Å²) in [6.07, 6.45) is 0.565. The van der Waals surface area contributed by atoms with E-state index >= 15 is 0 Å². The number of ketones is 1. The minimum atomic E-state index is -0.974. The third-order valence-electron chi connectivity index (χ3n) is 6.41. The van der Waals surface area contributed by atoms with Crippen molar-refractivity contribution in [1.82, 2.24) is 5.32 Å². The van der Waals surface area contributed by atoms with Crippen LogP contribution in [-0.4, -0.2) is 42.4 Å². The largest absolute Gasteiger partial charge is 0.496 e. The molecule has 2 N–H and O–H groups in total. The van der Waals surface area contributed by atoms with E-state index in [2.05, 4.69) is 5.32 Å². The second-order valence-corrected chi connectivity index (χ2v) is 11.1. The molecule has 0 aliphatic heterocycles. The zero-order valence-corrected chi connectivity index (χ0v) is 22.3. The number of aliphatic carboxylic acids is 1. The number of carboxylic acids is 1. The number of methoxy groups -OCH3 is 2. The Morgan fingerprint density at radius 3 is 2.11 bits per heavy atom. The van der Waals surface area contributed by atoms with Gasteiger partial charge in [-0.1, -0.05) is 51.1 Å². The van der Waals surface area contributed by atoms with Crippen LogP contribution in [0.3, 0.4) is 0 Å². The molecule has 0 saturated carbocycles. The number of nitrogens with one attached hydrogen (secondary N) is 1. The van der Waals surface area contributed by atoms with E-state index in [1.165, 1.54) is 11.8 Å². The molecule has 3 rings (SSSR count). The van der Waals surface area contributed by atoms with Crippen LogP contribution < -0.4 is 14.8 Å². The van der Waals surface area contributed by atoms with E-state index in [-0.39, 0.29) is 17.0 Å². The molecular weight excluding hydrogens is 462 g/mol. The van der Waals surface area contributed by atoms with E-state index in [1.807, 2.05) is 77.1 Å². The average molecular weight is 498 g/mol. The van der Waals surface area contributed by atoms with E-state index in [4.69, 9.17) is 9.47 Å². The van der Waals surface area contributed by atoms with Gasteiger partial charge in [-0.05, 0) is 43.5 Å². The molecule has 0 heterocycles. The van der Waals surface area contributed by atoms with Crippen molar-refractivity contribution in [2.75, 3.05) is 14.2 Å². The molecule has 0 bridgehead atoms. The normalized spacial score (nSPS) is 16.5. The number of benzene rings is 2. The van der Waals surface area contributed by atoms with Crippen molar-refractivity contribution in [3.63, 3.8) is 0 Å². The second kappa shape index (κ2) is 10.8. The highest BCUT2D eigenvalue weighted by atomic mass is 32.2. The molecule has 0 saturated heterocycles. The van der Waals surface area contributed by atoms with Crippen LogP contribution in [-0.2, 0) is 9.59 Å². The van der Waals surface area contributed by atoms with Gasteiger partial charge in [-0.15, -0.1) is 11.8 Å². The maximum Gasteiger partial charge on any atom is 0.326 e. The highest BCUT2D eigenvalue weighted by Crippen LogP contribution is 2.48. The molecular formula is C28H35NO5S. The molecule has 0 fully saturated rings. The standard InChI is InChI=1S/C28H35NO5S/c1-8-19(23(27(31)32)29-25-24(35-16(2)3)26(30)28(25,4)5)18-14-20(33-6)22(21(15-18)34-7)17-12-10-9-11-13-17/h9-16,19,23,29H,8H2,1-7H3,(H,31,32)/t19?,23-/m0/s1. The van der Waals surface area contributed by atoms with Crippen molar-refractivity contribution in [3.05, 3.63) is 58.6 Å². The lowest BCUT2D eigenvalue weighted by atomic mass is 9.73. The zero-order chi connectivity index (χ0) is 25.9. The van der Waals surface area contributed by atoms with Gasteiger partial charge in [-0.2, -0.15) is 0 Å². The molecule has 1 unspecified atom stereocenters. The molecule has 6 nitrogen and oxygen atoms in total. The van der Waals surface area contributed by atoms with Gasteiger partial charge in [-0.25, -0.2) is 4.79 Å². The van der Waals surface area contributed by atoms with Crippen LogP contribution in [0.1, 0.15) is 52.5 Å². The topological polar surface area (TPSA) is 84.9 Å². The fourth-order valence-corrected chi connectivity index (χ4v) is 5.78. The molecule has 188 valence electrons. The predicted octanol–water partition coefficient (Wildman–Crippen LogP) is 5.87. The molecule has 0 aromatic heterocycles. The predicted molar refractivity (Wildman–Crippen MR) is 141 cm³/mol. The van der Waals surface area contributed by atoms with Crippen LogP contribution in [0.5, 0.6) is 11.5 Å². The van der Waals surface area contributed by atoms with Crippen LogP contribution in [0.4, 0.5) is 0 Å². The Morgan fingerprint density at radius 2 is 1.66 bits per heavy atom. The Hall–Kier alpha value is -2.93. The summed E-state index contributed by atoms with van der Waals surface area (Å²) in [4.78, 5) is 25.9.